The summed E-state index contributed by atoms with van der Waals surface area (Å²) >= 11 is 0. The third-order valence-corrected chi connectivity index (χ3v) is 5.19. The Morgan fingerprint density at radius 2 is 2.03 bits per heavy atom. The predicted octanol–water partition coefficient (Wildman–Crippen LogP) is 3.91. The van der Waals surface area contributed by atoms with Gasteiger partial charge in [-0.1, -0.05) is 35.5 Å². The van der Waals surface area contributed by atoms with Crippen molar-refractivity contribution in [2.45, 2.75) is 33.0 Å². The highest BCUT2D eigenvalue weighted by atomic mass is 16.5. The smallest absolute Gasteiger partial charge is 0.273 e. The van der Waals surface area contributed by atoms with Gasteiger partial charge in [0.15, 0.2) is 11.5 Å². The second kappa shape index (κ2) is 8.49. The number of nitrogens with zero attached hydrogens (tertiary/aromatic N) is 1. The molecule has 4 rings (SSSR count). The van der Waals surface area contributed by atoms with Crippen LogP contribution in [0.4, 0.5) is 0 Å². The minimum Gasteiger partial charge on any atom is -0.486 e. The Kier molecular flexibility index (Phi) is 5.62. The molecule has 1 N–H and O–H groups in total. The van der Waals surface area contributed by atoms with Crippen molar-refractivity contribution in [3.05, 3.63) is 82.2 Å². The van der Waals surface area contributed by atoms with Crippen LogP contribution >= 0.6 is 0 Å². The molecular weight excluding hydrogens is 368 g/mol. The van der Waals surface area contributed by atoms with E-state index < -0.39 is 0 Å². The van der Waals surface area contributed by atoms with Gasteiger partial charge in [0.25, 0.3) is 5.91 Å². The van der Waals surface area contributed by atoms with Crippen LogP contribution in [0, 0.1) is 13.8 Å². The summed E-state index contributed by atoms with van der Waals surface area (Å²) in [5.74, 6) is 0.953. The summed E-state index contributed by atoms with van der Waals surface area (Å²) in [6.45, 7) is 5.34. The van der Waals surface area contributed by atoms with Gasteiger partial charge in [0.2, 0.25) is 0 Å². The molecule has 0 bridgehead atoms. The zero-order valence-electron chi connectivity index (χ0n) is 16.6. The summed E-state index contributed by atoms with van der Waals surface area (Å²) in [5.41, 5.74) is 4.99. The molecule has 6 heteroatoms. The normalized spacial score (nSPS) is 15.6. The number of hydrogen-bond acceptors (Lipinski definition) is 5. The minimum absolute atomic E-state index is 0.150. The van der Waals surface area contributed by atoms with E-state index in [0.29, 0.717) is 18.9 Å². The Morgan fingerprint density at radius 1 is 1.17 bits per heavy atom. The number of hydrogen-bond donors (Lipinski definition) is 1. The van der Waals surface area contributed by atoms with E-state index in [9.17, 15) is 4.79 Å². The first-order valence-corrected chi connectivity index (χ1v) is 9.73. The second-order valence-corrected chi connectivity index (χ2v) is 7.23. The summed E-state index contributed by atoms with van der Waals surface area (Å²) < 4.78 is 16.8. The van der Waals surface area contributed by atoms with Crippen molar-refractivity contribution in [1.29, 1.82) is 0 Å². The maximum Gasteiger partial charge on any atom is 0.273 e. The number of rotatable bonds is 6. The maximum absolute atomic E-state index is 12.4. The molecule has 0 radical (unpaired) electrons. The largest absolute Gasteiger partial charge is 0.486 e. The molecule has 1 unspecified atom stereocenters. The molecule has 2 aromatic carbocycles. The molecule has 1 aliphatic rings. The molecule has 29 heavy (non-hydrogen) atoms. The molecule has 0 fully saturated rings. The Labute approximate surface area is 169 Å². The first kappa shape index (κ1) is 19.2. The zero-order valence-corrected chi connectivity index (χ0v) is 16.6. The van der Waals surface area contributed by atoms with Gasteiger partial charge in [0, 0.05) is 12.6 Å². The molecule has 2 heterocycles. The average molecular weight is 392 g/mol. The molecule has 0 saturated carbocycles. The Bertz CT molecular complexity index is 1010. The molecule has 6 nitrogen and oxygen atoms in total. The summed E-state index contributed by atoms with van der Waals surface area (Å²) in [6.07, 6.45) is 0.747. The fraction of sp³-hybridized carbons (Fsp3) is 0.304. The number of carbonyl (C=O) groups excluding carboxylic acids is 1. The molecule has 1 amide bonds. The van der Waals surface area contributed by atoms with E-state index in [1.807, 2.05) is 43.3 Å². The van der Waals surface area contributed by atoms with Crippen LogP contribution in [0.2, 0.25) is 0 Å². The van der Waals surface area contributed by atoms with Crippen molar-refractivity contribution in [1.82, 2.24) is 10.5 Å². The number of benzene rings is 2. The van der Waals surface area contributed by atoms with Crippen LogP contribution in [-0.2, 0) is 17.8 Å². The van der Waals surface area contributed by atoms with E-state index in [-0.39, 0.29) is 24.3 Å². The predicted molar refractivity (Wildman–Crippen MR) is 108 cm³/mol. The monoisotopic (exact) mass is 392 g/mol. The SMILES string of the molecule is Cc1ccc(OCc2cc(C(=O)NCC3OCCc4ccccc43)no2)cc1C. The molecule has 0 saturated heterocycles. The van der Waals surface area contributed by atoms with E-state index in [1.165, 1.54) is 11.1 Å². The van der Waals surface area contributed by atoms with Crippen molar-refractivity contribution in [3.63, 3.8) is 0 Å². The molecular formula is C23H24N2O4. The van der Waals surface area contributed by atoms with E-state index in [1.54, 1.807) is 6.07 Å². The van der Waals surface area contributed by atoms with Gasteiger partial charge in [-0.2, -0.15) is 0 Å². The van der Waals surface area contributed by atoms with Gasteiger partial charge >= 0.3 is 0 Å². The molecule has 0 spiro atoms. The lowest BCUT2D eigenvalue weighted by Gasteiger charge is -2.26. The van der Waals surface area contributed by atoms with Gasteiger partial charge in [-0.25, -0.2) is 0 Å². The first-order valence-electron chi connectivity index (χ1n) is 9.73. The minimum atomic E-state index is -0.294. The number of aryl methyl sites for hydroxylation is 2. The number of amides is 1. The Morgan fingerprint density at radius 3 is 2.90 bits per heavy atom. The van der Waals surface area contributed by atoms with Crippen LogP contribution in [0.25, 0.3) is 0 Å². The third kappa shape index (κ3) is 4.49. The quantitative estimate of drug-likeness (QED) is 0.688. The third-order valence-electron chi connectivity index (χ3n) is 5.19. The maximum atomic E-state index is 12.4. The second-order valence-electron chi connectivity index (χ2n) is 7.23. The Hall–Kier alpha value is -3.12. The van der Waals surface area contributed by atoms with Crippen LogP contribution in [0.3, 0.4) is 0 Å². The van der Waals surface area contributed by atoms with E-state index in [4.69, 9.17) is 14.0 Å². The van der Waals surface area contributed by atoms with Gasteiger partial charge in [-0.05, 0) is 54.7 Å². The lowest BCUT2D eigenvalue weighted by molar-refractivity contribution is 0.0410. The first-order chi connectivity index (χ1) is 14.1. The lowest BCUT2D eigenvalue weighted by Crippen LogP contribution is -2.32. The van der Waals surface area contributed by atoms with E-state index >= 15 is 0 Å². The van der Waals surface area contributed by atoms with Gasteiger partial charge in [-0.15, -0.1) is 0 Å². The fourth-order valence-corrected chi connectivity index (χ4v) is 3.37. The van der Waals surface area contributed by atoms with Crippen molar-refractivity contribution in [3.8, 4) is 5.75 Å². The summed E-state index contributed by atoms with van der Waals surface area (Å²) in [7, 11) is 0. The summed E-state index contributed by atoms with van der Waals surface area (Å²) in [4.78, 5) is 12.4. The molecule has 3 aromatic rings. The number of ether oxygens (including phenoxy) is 2. The number of aromatic nitrogens is 1. The summed E-state index contributed by atoms with van der Waals surface area (Å²) in [6, 6.07) is 15.7. The highest BCUT2D eigenvalue weighted by molar-refractivity contribution is 5.92. The van der Waals surface area contributed by atoms with Crippen LogP contribution in [0.5, 0.6) is 5.75 Å². The van der Waals surface area contributed by atoms with Crippen LogP contribution in [-0.4, -0.2) is 24.2 Å². The van der Waals surface area contributed by atoms with E-state index in [2.05, 4.69) is 23.5 Å². The van der Waals surface area contributed by atoms with Gasteiger partial charge in [0.1, 0.15) is 18.5 Å². The Balaban J connectivity index is 1.32. The zero-order chi connectivity index (χ0) is 20.2. The molecule has 150 valence electrons. The average Bonchev–Trinajstić information content (AvgIpc) is 3.22. The van der Waals surface area contributed by atoms with Crippen LogP contribution < -0.4 is 10.1 Å². The topological polar surface area (TPSA) is 73.6 Å². The van der Waals surface area contributed by atoms with Crippen LogP contribution in [0.1, 0.15) is 44.6 Å². The van der Waals surface area contributed by atoms with Gasteiger partial charge < -0.3 is 19.3 Å². The molecule has 1 aromatic heterocycles. The van der Waals surface area contributed by atoms with Crippen molar-refractivity contribution < 1.29 is 18.8 Å². The van der Waals surface area contributed by atoms with E-state index in [0.717, 1.165) is 23.3 Å². The summed E-state index contributed by atoms with van der Waals surface area (Å²) in [5, 5.41) is 6.74. The van der Waals surface area contributed by atoms with Gasteiger partial charge in [0.05, 0.1) is 6.61 Å². The van der Waals surface area contributed by atoms with Crippen LogP contribution in [0.15, 0.2) is 53.1 Å². The number of nitrogens with one attached hydrogen (secondary N) is 1. The molecule has 1 atom stereocenters. The molecule has 1 aliphatic heterocycles. The van der Waals surface area contributed by atoms with Crippen molar-refractivity contribution >= 4 is 5.91 Å². The van der Waals surface area contributed by atoms with Crippen molar-refractivity contribution in [2.75, 3.05) is 13.2 Å². The fourth-order valence-electron chi connectivity index (χ4n) is 3.37. The highest BCUT2D eigenvalue weighted by Crippen LogP contribution is 2.26. The van der Waals surface area contributed by atoms with Crippen molar-refractivity contribution in [2.24, 2.45) is 0 Å². The lowest BCUT2D eigenvalue weighted by atomic mass is 9.97. The standard InChI is InChI=1S/C23H24N2O4/c1-15-7-8-18(11-16(15)2)28-14-19-12-21(25-29-19)23(26)24-13-22-20-6-4-3-5-17(20)9-10-27-22/h3-8,11-12,22H,9-10,13-14H2,1-2H3,(H,24,26). The highest BCUT2D eigenvalue weighted by Gasteiger charge is 2.22. The van der Waals surface area contributed by atoms with Gasteiger partial charge in [-0.3, -0.25) is 4.79 Å². The number of carbonyl (C=O) groups is 1. The number of fused-ring (bicyclic) bond motifs is 1. The molecule has 0 aliphatic carbocycles.